The minimum absolute atomic E-state index is 0.0318. The maximum absolute atomic E-state index is 15.3. The molecule has 0 bridgehead atoms. The number of carbonyl (C=O) groups excluding carboxylic acids is 4. The number of ether oxygens (including phenoxy) is 7. The molecule has 1 saturated heterocycles. The van der Waals surface area contributed by atoms with Crippen LogP contribution in [0.15, 0.2) is 60.7 Å². The molecule has 0 spiro atoms. The number of benzene rings is 2. The smallest absolute Gasteiger partial charge is 0.462 e. The van der Waals surface area contributed by atoms with Crippen LogP contribution in [0.3, 0.4) is 0 Å². The molecule has 0 aromatic heterocycles. The van der Waals surface area contributed by atoms with Crippen LogP contribution < -0.4 is 14.4 Å². The van der Waals surface area contributed by atoms with Gasteiger partial charge in [-0.1, -0.05) is 223 Å². The molecule has 16 nitrogen and oxygen atoms in total. The molecule has 2 aromatic rings. The standard InChI is InChI=1S/C54H80Cl6NO15P/c1-6-9-12-14-16-17-19-20-24-34-42(70-44(62)35-29-21-18-15-13-10-7-2)37-45(63)72-48-46(61-50(64)69-39-53(55,56)57)49(67-36-11-8-3)71-43(38-68-51(65)73-52(4,5)54(58,59)60)47(48)76-77(66,74-40-30-25-22-26-31-40)75-41-32-27-23-28-33-41/h22-23,25-28,30-33,42-43,46-49H,6-21,24,29,34-39H2,1-5H3,(H,61,64)/t42-,43-,46-,47-,48-,49-/m1/s1. The normalized spacial score (nSPS) is 18.4. The lowest BCUT2D eigenvalue weighted by molar-refractivity contribution is -0.271. The van der Waals surface area contributed by atoms with E-state index in [4.69, 9.17) is 116 Å². The fraction of sp³-hybridized carbons (Fsp3) is 0.704. The van der Waals surface area contributed by atoms with Gasteiger partial charge in [0.15, 0.2) is 18.0 Å². The third-order valence-corrected chi connectivity index (χ3v) is 15.3. The SMILES string of the molecule is CCCCCCCCCCC[C@H](CC(=O)O[C@@H]1[C@@H](NC(=O)OCC(Cl)(Cl)Cl)[C@H](OCCCC)O[C@H](COC(=O)OC(C)(C)C(Cl)(Cl)Cl)[C@H]1OP(=O)(Oc1ccccc1)Oc1ccccc1)OC(=O)CCCCCCCCC. The van der Waals surface area contributed by atoms with Gasteiger partial charge in [0, 0.05) is 13.0 Å². The highest BCUT2D eigenvalue weighted by Crippen LogP contribution is 2.53. The van der Waals surface area contributed by atoms with Crippen LogP contribution in [-0.4, -0.2) is 93.9 Å². The summed E-state index contributed by atoms with van der Waals surface area (Å²) in [4.78, 5) is 55.3. The molecule has 77 heavy (non-hydrogen) atoms. The fourth-order valence-corrected chi connectivity index (χ4v) is 9.61. The number of rotatable bonds is 37. The number of alkyl carbamates (subject to hydrolysis) is 1. The van der Waals surface area contributed by atoms with Crippen molar-refractivity contribution in [2.45, 2.75) is 219 Å². The van der Waals surface area contributed by atoms with Gasteiger partial charge in [-0.2, -0.15) is 0 Å². The van der Waals surface area contributed by atoms with Crippen LogP contribution in [0.5, 0.6) is 11.5 Å². The van der Waals surface area contributed by atoms with E-state index in [0.717, 1.165) is 70.6 Å². The second-order valence-electron chi connectivity index (χ2n) is 19.4. The Hall–Kier alpha value is -2.63. The van der Waals surface area contributed by atoms with Gasteiger partial charge >= 0.3 is 32.0 Å². The Labute approximate surface area is 486 Å². The molecule has 1 heterocycles. The zero-order valence-corrected chi connectivity index (χ0v) is 50.5. The number of nitrogens with one attached hydrogen (secondary N) is 1. The maximum atomic E-state index is 15.3. The number of carbonyl (C=O) groups is 4. The number of esters is 2. The Bertz CT molecular complexity index is 1990. The molecule has 438 valence electrons. The van der Waals surface area contributed by atoms with E-state index < -0.39 is 102 Å². The van der Waals surface area contributed by atoms with Gasteiger partial charge in [-0.05, 0) is 63.8 Å². The summed E-state index contributed by atoms with van der Waals surface area (Å²) in [5, 5.41) is 2.59. The van der Waals surface area contributed by atoms with Crippen LogP contribution in [-0.2, 0) is 51.8 Å². The second-order valence-corrected chi connectivity index (χ2v) is 25.7. The number of alkyl halides is 6. The molecule has 1 aliphatic heterocycles. The van der Waals surface area contributed by atoms with Gasteiger partial charge < -0.3 is 47.5 Å². The Kier molecular flexibility index (Phi) is 32.7. The third-order valence-electron chi connectivity index (χ3n) is 12.2. The van der Waals surface area contributed by atoms with Crippen LogP contribution in [0.25, 0.3) is 0 Å². The summed E-state index contributed by atoms with van der Waals surface area (Å²) in [6.45, 7) is 7.44. The average molecular weight is 1230 g/mol. The molecule has 0 saturated carbocycles. The number of hydrogen-bond donors (Lipinski definition) is 1. The van der Waals surface area contributed by atoms with Gasteiger partial charge in [-0.3, -0.25) is 14.1 Å². The van der Waals surface area contributed by atoms with Crippen molar-refractivity contribution in [2.75, 3.05) is 19.8 Å². The highest BCUT2D eigenvalue weighted by Gasteiger charge is 2.55. The minimum atomic E-state index is -5.00. The number of hydrogen-bond acceptors (Lipinski definition) is 15. The van der Waals surface area contributed by atoms with Crippen molar-refractivity contribution in [3.8, 4) is 11.5 Å². The number of unbranched alkanes of at least 4 members (excludes halogenated alkanes) is 15. The molecule has 6 atom stereocenters. The summed E-state index contributed by atoms with van der Waals surface area (Å²) in [7, 11) is -5.00. The van der Waals surface area contributed by atoms with Gasteiger partial charge in [0.25, 0.3) is 0 Å². The first-order valence-corrected chi connectivity index (χ1v) is 30.7. The summed E-state index contributed by atoms with van der Waals surface area (Å²) < 4.78 is 70.8. The minimum Gasteiger partial charge on any atom is -0.462 e. The zero-order chi connectivity index (χ0) is 56.7. The molecule has 1 fully saturated rings. The number of amides is 1. The van der Waals surface area contributed by atoms with Crippen LogP contribution in [0.1, 0.15) is 169 Å². The highest BCUT2D eigenvalue weighted by atomic mass is 35.6. The molecular formula is C54H80Cl6NO15P. The lowest BCUT2D eigenvalue weighted by Gasteiger charge is -2.45. The number of para-hydroxylation sites is 2. The van der Waals surface area contributed by atoms with Crippen molar-refractivity contribution in [1.29, 1.82) is 0 Å². The molecule has 23 heteroatoms. The van der Waals surface area contributed by atoms with E-state index in [1.54, 1.807) is 36.4 Å². The van der Waals surface area contributed by atoms with Crippen molar-refractivity contribution >= 4 is 102 Å². The van der Waals surface area contributed by atoms with Crippen molar-refractivity contribution in [2.24, 2.45) is 0 Å². The summed E-state index contributed by atoms with van der Waals surface area (Å²) >= 11 is 36.2. The van der Waals surface area contributed by atoms with Crippen LogP contribution in [0, 0.1) is 0 Å². The Morgan fingerprint density at radius 1 is 0.662 bits per heavy atom. The molecule has 0 aliphatic carbocycles. The molecule has 0 radical (unpaired) electrons. The van der Waals surface area contributed by atoms with Gasteiger partial charge in [0.05, 0.1) is 6.42 Å². The third kappa shape index (κ3) is 28.6. The van der Waals surface area contributed by atoms with E-state index in [1.165, 1.54) is 57.4 Å². The van der Waals surface area contributed by atoms with E-state index in [2.05, 4.69) is 19.2 Å². The first-order chi connectivity index (χ1) is 36.6. The monoisotopic (exact) mass is 1220 g/mol. The molecule has 1 N–H and O–H groups in total. The highest BCUT2D eigenvalue weighted by molar-refractivity contribution is 7.49. The van der Waals surface area contributed by atoms with Crippen molar-refractivity contribution in [3.05, 3.63) is 60.7 Å². The molecule has 2 aromatic carbocycles. The van der Waals surface area contributed by atoms with E-state index in [1.807, 2.05) is 6.92 Å². The zero-order valence-electron chi connectivity index (χ0n) is 45.0. The lowest BCUT2D eigenvalue weighted by Crippen LogP contribution is -2.66. The van der Waals surface area contributed by atoms with Crippen LogP contribution in [0.2, 0.25) is 0 Å². The van der Waals surface area contributed by atoms with E-state index in [9.17, 15) is 19.2 Å². The Morgan fingerprint density at radius 2 is 1.18 bits per heavy atom. The van der Waals surface area contributed by atoms with Crippen molar-refractivity contribution < 1.29 is 70.5 Å². The summed E-state index contributed by atoms with van der Waals surface area (Å²) in [6, 6.07) is 14.2. The molecule has 0 unspecified atom stereocenters. The molecule has 1 aliphatic rings. The summed E-state index contributed by atoms with van der Waals surface area (Å²) in [5.41, 5.74) is -1.73. The van der Waals surface area contributed by atoms with Gasteiger partial charge in [0.1, 0.15) is 49.1 Å². The van der Waals surface area contributed by atoms with Crippen molar-refractivity contribution in [1.82, 2.24) is 5.32 Å². The number of phosphoric ester groups is 1. The second kappa shape index (κ2) is 36.7. The summed E-state index contributed by atoms with van der Waals surface area (Å²) in [6.07, 6.45) is 7.26. The first-order valence-electron chi connectivity index (χ1n) is 26.9. The average Bonchev–Trinajstić information content (AvgIpc) is 3.36. The molecule has 3 rings (SSSR count). The Balaban J connectivity index is 2.15. The number of phosphoric acid groups is 1. The molecule has 1 amide bonds. The first kappa shape index (κ1) is 68.6. The maximum Gasteiger partial charge on any atom is 0.588 e. The fourth-order valence-electron chi connectivity index (χ4n) is 7.89. The van der Waals surface area contributed by atoms with E-state index in [0.29, 0.717) is 32.1 Å². The lowest BCUT2D eigenvalue weighted by atomic mass is 9.96. The topological polar surface area (TPSA) is 190 Å². The van der Waals surface area contributed by atoms with Gasteiger partial charge in [-0.25, -0.2) is 14.2 Å². The van der Waals surface area contributed by atoms with Crippen LogP contribution in [0.4, 0.5) is 9.59 Å². The van der Waals surface area contributed by atoms with E-state index >= 15 is 4.57 Å². The predicted molar refractivity (Wildman–Crippen MR) is 300 cm³/mol. The van der Waals surface area contributed by atoms with Crippen molar-refractivity contribution in [3.63, 3.8) is 0 Å². The quantitative estimate of drug-likeness (QED) is 0.0221. The van der Waals surface area contributed by atoms with Gasteiger partial charge in [-0.15, -0.1) is 0 Å². The largest absolute Gasteiger partial charge is 0.588 e. The number of halogens is 6. The predicted octanol–water partition coefficient (Wildman–Crippen LogP) is 16.2. The summed E-state index contributed by atoms with van der Waals surface area (Å²) in [5.74, 6) is -1.33. The van der Waals surface area contributed by atoms with E-state index in [-0.39, 0.29) is 24.5 Å². The van der Waals surface area contributed by atoms with Crippen LogP contribution >= 0.6 is 77.4 Å². The van der Waals surface area contributed by atoms with Gasteiger partial charge in [0.2, 0.25) is 7.59 Å². The Morgan fingerprint density at radius 3 is 1.70 bits per heavy atom. The molecular weight excluding hydrogens is 1150 g/mol.